The molecule has 0 saturated heterocycles. The molecule has 56 heavy (non-hydrogen) atoms. The Morgan fingerprint density at radius 3 is 1.59 bits per heavy atom. The van der Waals surface area contributed by atoms with Crippen molar-refractivity contribution in [2.75, 3.05) is 4.90 Å². The lowest BCUT2D eigenvalue weighted by Crippen LogP contribution is -2.38. The maximum absolute atomic E-state index is 2.54. The maximum Gasteiger partial charge on any atom is 0.0544 e. The van der Waals surface area contributed by atoms with Gasteiger partial charge in [0.15, 0.2) is 0 Å². The molecule has 0 amide bonds. The molecular formula is C54H44N2. The Labute approximate surface area is 329 Å². The largest absolute Gasteiger partial charge is 0.309 e. The number of nitrogens with zero attached hydrogens (tertiary/aromatic N) is 2. The van der Waals surface area contributed by atoms with Crippen molar-refractivity contribution in [1.29, 1.82) is 0 Å². The van der Waals surface area contributed by atoms with Crippen LogP contribution < -0.4 is 4.90 Å². The van der Waals surface area contributed by atoms with Gasteiger partial charge in [-0.3, -0.25) is 0 Å². The number of fused-ring (bicyclic) bond motifs is 7. The van der Waals surface area contributed by atoms with Crippen molar-refractivity contribution in [2.24, 2.45) is 0 Å². The maximum atomic E-state index is 2.54. The van der Waals surface area contributed by atoms with Crippen molar-refractivity contribution in [2.45, 2.75) is 51.4 Å². The van der Waals surface area contributed by atoms with E-state index < -0.39 is 0 Å². The Morgan fingerprint density at radius 1 is 0.446 bits per heavy atom. The van der Waals surface area contributed by atoms with Gasteiger partial charge in [0.2, 0.25) is 0 Å². The molecule has 0 bridgehead atoms. The molecule has 2 aliphatic heterocycles. The van der Waals surface area contributed by atoms with E-state index in [0.717, 1.165) is 12.8 Å². The van der Waals surface area contributed by atoms with Crippen molar-refractivity contribution >= 4 is 44.4 Å². The molecule has 1 aromatic heterocycles. The Balaban J connectivity index is 1.07. The highest BCUT2D eigenvalue weighted by molar-refractivity contribution is 6.11. The summed E-state index contributed by atoms with van der Waals surface area (Å²) in [5.74, 6) is 0. The monoisotopic (exact) mass is 720 g/mol. The lowest BCUT2D eigenvalue weighted by Gasteiger charge is -2.49. The van der Waals surface area contributed by atoms with Crippen LogP contribution in [0.3, 0.4) is 0 Å². The molecule has 0 N–H and O–H groups in total. The smallest absolute Gasteiger partial charge is 0.0544 e. The summed E-state index contributed by atoms with van der Waals surface area (Å²) in [4.78, 5) is 2.54. The predicted octanol–water partition coefficient (Wildman–Crippen LogP) is 14.6. The fourth-order valence-corrected chi connectivity index (χ4v) is 9.97. The van der Waals surface area contributed by atoms with Crippen LogP contribution in [0.1, 0.15) is 68.4 Å². The Kier molecular flexibility index (Phi) is 7.11. The number of para-hydroxylation sites is 2. The lowest BCUT2D eigenvalue weighted by molar-refractivity contribution is 0.598. The third-order valence-electron chi connectivity index (χ3n) is 13.0. The molecular weight excluding hydrogens is 677 g/mol. The van der Waals surface area contributed by atoms with Gasteiger partial charge < -0.3 is 9.47 Å². The van der Waals surface area contributed by atoms with Crippen molar-refractivity contribution in [3.05, 3.63) is 198 Å². The van der Waals surface area contributed by atoms with E-state index in [1.165, 1.54) is 100 Å². The molecule has 0 fully saturated rings. The van der Waals surface area contributed by atoms with Crippen molar-refractivity contribution < 1.29 is 0 Å². The van der Waals surface area contributed by atoms with E-state index in [1.54, 1.807) is 0 Å². The normalized spacial score (nSPS) is 16.0. The quantitative estimate of drug-likeness (QED) is 0.176. The number of hydrogen-bond acceptors (Lipinski definition) is 1. The van der Waals surface area contributed by atoms with Crippen molar-refractivity contribution in [3.8, 4) is 27.9 Å². The van der Waals surface area contributed by atoms with Gasteiger partial charge >= 0.3 is 0 Å². The Hall–Kier alpha value is -6.38. The molecule has 0 radical (unpaired) electrons. The van der Waals surface area contributed by atoms with Gasteiger partial charge in [0.25, 0.3) is 0 Å². The molecule has 2 nitrogen and oxygen atoms in total. The van der Waals surface area contributed by atoms with Crippen LogP contribution in [0.5, 0.6) is 0 Å². The summed E-state index contributed by atoms with van der Waals surface area (Å²) in [5, 5.41) is 2.55. The summed E-state index contributed by atoms with van der Waals surface area (Å²) in [6, 6.07) is 57.0. The predicted molar refractivity (Wildman–Crippen MR) is 237 cm³/mol. The zero-order chi connectivity index (χ0) is 37.8. The SMILES string of the molecule is CC1(C)c2ccccc2N2c3ccccc3C(C)(C)c3cc(-c4ccc(-n5c6ccc(C7=CCCC=C7)cc6c6cc(-c7ccccc7)ccc65)cc4)cc1c32. The molecule has 2 heteroatoms. The van der Waals surface area contributed by atoms with Gasteiger partial charge in [-0.15, -0.1) is 0 Å². The van der Waals surface area contributed by atoms with Crippen LogP contribution in [-0.2, 0) is 10.8 Å². The molecule has 7 aromatic carbocycles. The van der Waals surface area contributed by atoms with E-state index in [1.807, 2.05) is 0 Å². The van der Waals surface area contributed by atoms with Gasteiger partial charge in [0.1, 0.15) is 0 Å². The van der Waals surface area contributed by atoms with E-state index in [0.29, 0.717) is 0 Å². The van der Waals surface area contributed by atoms with E-state index in [9.17, 15) is 0 Å². The summed E-state index contributed by atoms with van der Waals surface area (Å²) >= 11 is 0. The summed E-state index contributed by atoms with van der Waals surface area (Å²) in [6.07, 6.45) is 9.16. The summed E-state index contributed by atoms with van der Waals surface area (Å²) in [5.41, 5.74) is 20.2. The molecule has 0 spiro atoms. The van der Waals surface area contributed by atoms with E-state index in [4.69, 9.17) is 0 Å². The molecule has 11 rings (SSSR count). The second-order valence-corrected chi connectivity index (χ2v) is 16.9. The van der Waals surface area contributed by atoms with Gasteiger partial charge in [-0.2, -0.15) is 0 Å². The van der Waals surface area contributed by atoms with Crippen molar-refractivity contribution in [3.63, 3.8) is 0 Å². The van der Waals surface area contributed by atoms with Crippen LogP contribution in [0, 0.1) is 0 Å². The van der Waals surface area contributed by atoms with Crippen LogP contribution >= 0.6 is 0 Å². The number of aromatic nitrogens is 1. The minimum Gasteiger partial charge on any atom is -0.309 e. The number of anilines is 3. The van der Waals surface area contributed by atoms with Gasteiger partial charge in [-0.25, -0.2) is 0 Å². The lowest BCUT2D eigenvalue weighted by atomic mass is 9.65. The summed E-state index contributed by atoms with van der Waals surface area (Å²) < 4.78 is 2.45. The average molecular weight is 721 g/mol. The van der Waals surface area contributed by atoms with Crippen LogP contribution in [0.4, 0.5) is 17.1 Å². The van der Waals surface area contributed by atoms with Crippen molar-refractivity contribution in [1.82, 2.24) is 4.57 Å². The van der Waals surface area contributed by atoms with Gasteiger partial charge in [0, 0.05) is 27.3 Å². The third-order valence-corrected chi connectivity index (χ3v) is 13.0. The minimum atomic E-state index is -0.167. The van der Waals surface area contributed by atoms with Gasteiger partial charge in [-0.05, 0) is 129 Å². The number of hydrogen-bond donors (Lipinski definition) is 0. The van der Waals surface area contributed by atoms with Crippen LogP contribution in [0.15, 0.2) is 170 Å². The highest BCUT2D eigenvalue weighted by Crippen LogP contribution is 2.60. The average Bonchev–Trinajstić information content (AvgIpc) is 3.57. The zero-order valence-corrected chi connectivity index (χ0v) is 32.5. The first kappa shape index (κ1) is 33.0. The fourth-order valence-electron chi connectivity index (χ4n) is 9.97. The first-order valence-corrected chi connectivity index (χ1v) is 20.1. The molecule has 270 valence electrons. The second kappa shape index (κ2) is 12.1. The topological polar surface area (TPSA) is 8.17 Å². The van der Waals surface area contributed by atoms with Gasteiger partial charge in [-0.1, -0.05) is 137 Å². The number of rotatable bonds is 4. The van der Waals surface area contributed by atoms with E-state index in [-0.39, 0.29) is 10.8 Å². The number of allylic oxidation sites excluding steroid dienone is 4. The number of benzene rings is 7. The molecule has 8 aromatic rings. The van der Waals surface area contributed by atoms with Gasteiger partial charge in [0.05, 0.1) is 28.1 Å². The van der Waals surface area contributed by atoms with Crippen LogP contribution in [-0.4, -0.2) is 4.57 Å². The molecule has 0 saturated carbocycles. The zero-order valence-electron chi connectivity index (χ0n) is 32.5. The van der Waals surface area contributed by atoms with Crippen LogP contribution in [0.25, 0.3) is 55.3 Å². The summed E-state index contributed by atoms with van der Waals surface area (Å²) in [7, 11) is 0. The molecule has 3 aliphatic rings. The fraction of sp³-hybridized carbons (Fsp3) is 0.148. The first-order valence-electron chi connectivity index (χ1n) is 20.1. The Morgan fingerprint density at radius 2 is 0.982 bits per heavy atom. The first-order chi connectivity index (χ1) is 27.3. The summed E-state index contributed by atoms with van der Waals surface area (Å²) in [6.45, 7) is 9.60. The molecule has 3 heterocycles. The highest BCUT2D eigenvalue weighted by Gasteiger charge is 2.45. The van der Waals surface area contributed by atoms with Crippen LogP contribution in [0.2, 0.25) is 0 Å². The molecule has 0 unspecified atom stereocenters. The standard InChI is InChI=1S/C54H44N2/c1-53(2)44-19-11-13-21-50(44)56-51-22-14-12-20-45(51)54(3,4)47-34-40(33-46(53)52(47)56)37-23-27-41(28-24-37)55-48-29-25-38(35-15-7-5-8-16-35)31-42(48)43-32-39(26-30-49(43)55)36-17-9-6-10-18-36/h5,7-9,11-34H,6,10H2,1-4H3. The second-order valence-electron chi connectivity index (χ2n) is 16.9. The Bertz CT molecular complexity index is 2870. The van der Waals surface area contributed by atoms with E-state index >= 15 is 0 Å². The highest BCUT2D eigenvalue weighted by atomic mass is 15.2. The third kappa shape index (κ3) is 4.75. The van der Waals surface area contributed by atoms with E-state index in [2.05, 4.69) is 207 Å². The minimum absolute atomic E-state index is 0.167. The molecule has 1 aliphatic carbocycles. The molecule has 0 atom stereocenters.